The summed E-state index contributed by atoms with van der Waals surface area (Å²) < 4.78 is 23.1. The highest BCUT2D eigenvalue weighted by atomic mass is 35.7. The van der Waals surface area contributed by atoms with Gasteiger partial charge in [0.2, 0.25) is 0 Å². The summed E-state index contributed by atoms with van der Waals surface area (Å²) >= 11 is 0. The van der Waals surface area contributed by atoms with Crippen molar-refractivity contribution in [2.45, 2.75) is 6.92 Å². The summed E-state index contributed by atoms with van der Waals surface area (Å²) in [5.41, 5.74) is 0.910. The van der Waals surface area contributed by atoms with Gasteiger partial charge in [0.05, 0.1) is 0 Å². The molecule has 66 valence electrons. The third-order valence-electron chi connectivity index (χ3n) is 1.14. The van der Waals surface area contributed by atoms with E-state index in [2.05, 4.69) is 4.98 Å². The maximum Gasteiger partial charge on any atom is 0.320 e. The zero-order valence-corrected chi connectivity index (χ0v) is 7.85. The van der Waals surface area contributed by atoms with Crippen molar-refractivity contribution in [3.05, 3.63) is 23.9 Å². The minimum Gasteiger partial charge on any atom is -0.254 e. The first-order valence-corrected chi connectivity index (χ1v) is 5.43. The smallest absolute Gasteiger partial charge is 0.254 e. The van der Waals surface area contributed by atoms with Gasteiger partial charge in [-0.2, -0.15) is 8.42 Å². The van der Waals surface area contributed by atoms with Crippen molar-refractivity contribution >= 4 is 25.7 Å². The first-order chi connectivity index (χ1) is 5.47. The van der Waals surface area contributed by atoms with E-state index in [1.165, 1.54) is 6.20 Å². The van der Waals surface area contributed by atoms with Gasteiger partial charge in [-0.15, -0.1) is 0 Å². The van der Waals surface area contributed by atoms with Gasteiger partial charge in [-0.3, -0.25) is 4.72 Å². The Hall–Kier alpha value is -0.810. The van der Waals surface area contributed by atoms with Gasteiger partial charge in [0, 0.05) is 16.9 Å². The number of nitrogens with one attached hydrogen (secondary N) is 1. The van der Waals surface area contributed by atoms with Crippen LogP contribution in [0.4, 0.5) is 5.82 Å². The molecule has 6 heteroatoms. The fourth-order valence-electron chi connectivity index (χ4n) is 0.717. The van der Waals surface area contributed by atoms with Crippen LogP contribution in [0.25, 0.3) is 0 Å². The van der Waals surface area contributed by atoms with Crippen molar-refractivity contribution in [1.29, 1.82) is 0 Å². The predicted octanol–water partition coefficient (Wildman–Crippen LogP) is 1.29. The van der Waals surface area contributed by atoms with E-state index in [9.17, 15) is 8.42 Å². The number of halogens is 1. The van der Waals surface area contributed by atoms with Crippen molar-refractivity contribution in [1.82, 2.24) is 4.98 Å². The average molecular weight is 207 g/mol. The van der Waals surface area contributed by atoms with Gasteiger partial charge in [-0.05, 0) is 24.6 Å². The molecule has 0 aromatic carbocycles. The molecule has 1 heterocycles. The number of rotatable bonds is 2. The summed E-state index contributed by atoms with van der Waals surface area (Å²) in [6, 6.07) is 3.34. The number of pyridine rings is 1. The van der Waals surface area contributed by atoms with Gasteiger partial charge in [0.1, 0.15) is 5.82 Å². The second-order valence-electron chi connectivity index (χ2n) is 2.26. The molecule has 0 saturated heterocycles. The number of aryl methyl sites for hydroxylation is 1. The number of anilines is 1. The van der Waals surface area contributed by atoms with E-state index in [0.717, 1.165) is 5.56 Å². The molecule has 0 spiro atoms. The van der Waals surface area contributed by atoms with E-state index in [1.54, 1.807) is 12.1 Å². The molecule has 1 aromatic rings. The molecule has 0 bridgehead atoms. The van der Waals surface area contributed by atoms with Crippen LogP contribution in [0.2, 0.25) is 0 Å². The van der Waals surface area contributed by atoms with Crippen molar-refractivity contribution in [2.75, 3.05) is 4.72 Å². The molecule has 12 heavy (non-hydrogen) atoms. The second-order valence-corrected chi connectivity index (χ2v) is 4.56. The standard InChI is InChI=1S/C6H7ClN2O2S/c1-5-2-3-8-6(4-5)9-12(7,10)11/h2-4H,1H3,(H,8,9). The molecule has 0 aliphatic heterocycles. The Balaban J connectivity index is 2.91. The molecule has 0 radical (unpaired) electrons. The molecule has 4 nitrogen and oxygen atoms in total. The van der Waals surface area contributed by atoms with E-state index in [1.807, 2.05) is 11.6 Å². The molecule has 1 aromatic heterocycles. The minimum absolute atomic E-state index is 0.227. The third kappa shape index (κ3) is 3.06. The molecule has 0 unspecified atom stereocenters. The molecule has 1 N–H and O–H groups in total. The van der Waals surface area contributed by atoms with Crippen molar-refractivity contribution < 1.29 is 8.42 Å². The van der Waals surface area contributed by atoms with Crippen LogP contribution in [0.3, 0.4) is 0 Å². The Morgan fingerprint density at radius 2 is 2.25 bits per heavy atom. The molecular weight excluding hydrogens is 200 g/mol. The lowest BCUT2D eigenvalue weighted by atomic mass is 10.3. The maximum absolute atomic E-state index is 10.5. The summed E-state index contributed by atoms with van der Waals surface area (Å²) in [5.74, 6) is 0.227. The van der Waals surface area contributed by atoms with Crippen LogP contribution in [0.1, 0.15) is 5.56 Å². The van der Waals surface area contributed by atoms with Gasteiger partial charge < -0.3 is 0 Å². The van der Waals surface area contributed by atoms with Crippen LogP contribution in [0.5, 0.6) is 0 Å². The normalized spacial score (nSPS) is 11.2. The zero-order chi connectivity index (χ0) is 9.19. The number of nitrogens with zero attached hydrogens (tertiary/aromatic N) is 1. The SMILES string of the molecule is Cc1ccnc(NS(=O)(=O)Cl)c1. The number of aromatic nitrogens is 1. The van der Waals surface area contributed by atoms with Crippen molar-refractivity contribution in [3.63, 3.8) is 0 Å². The van der Waals surface area contributed by atoms with E-state index in [-0.39, 0.29) is 5.82 Å². The van der Waals surface area contributed by atoms with Crippen LogP contribution < -0.4 is 4.72 Å². The molecule has 0 saturated carbocycles. The van der Waals surface area contributed by atoms with Crippen LogP contribution in [0, 0.1) is 6.92 Å². The van der Waals surface area contributed by atoms with Crippen LogP contribution in [0.15, 0.2) is 18.3 Å². The molecule has 0 amide bonds. The van der Waals surface area contributed by atoms with Gasteiger partial charge in [-0.1, -0.05) is 0 Å². The van der Waals surface area contributed by atoms with E-state index in [4.69, 9.17) is 10.7 Å². The highest BCUT2D eigenvalue weighted by Crippen LogP contribution is 2.08. The Morgan fingerprint density at radius 3 is 2.75 bits per heavy atom. The van der Waals surface area contributed by atoms with Gasteiger partial charge in [0.25, 0.3) is 0 Å². The third-order valence-corrected chi connectivity index (χ3v) is 1.83. The Kier molecular flexibility index (Phi) is 2.54. The van der Waals surface area contributed by atoms with E-state index >= 15 is 0 Å². The van der Waals surface area contributed by atoms with Crippen LogP contribution in [-0.2, 0) is 9.24 Å². The highest BCUT2D eigenvalue weighted by Gasteiger charge is 2.04. The molecule has 1 rings (SSSR count). The van der Waals surface area contributed by atoms with Crippen molar-refractivity contribution in [3.8, 4) is 0 Å². The summed E-state index contributed by atoms with van der Waals surface area (Å²) in [6.07, 6.45) is 1.50. The van der Waals surface area contributed by atoms with E-state index < -0.39 is 9.24 Å². The summed E-state index contributed by atoms with van der Waals surface area (Å²) in [6.45, 7) is 1.83. The molecule has 0 aliphatic rings. The predicted molar refractivity (Wildman–Crippen MR) is 47.4 cm³/mol. The van der Waals surface area contributed by atoms with Crippen molar-refractivity contribution in [2.24, 2.45) is 0 Å². The fourth-order valence-corrected chi connectivity index (χ4v) is 1.32. The van der Waals surface area contributed by atoms with E-state index in [0.29, 0.717) is 0 Å². The van der Waals surface area contributed by atoms with Gasteiger partial charge in [0.15, 0.2) is 0 Å². The van der Waals surface area contributed by atoms with Crippen LogP contribution in [-0.4, -0.2) is 13.4 Å². The largest absolute Gasteiger partial charge is 0.320 e. The number of hydrogen-bond donors (Lipinski definition) is 1. The quantitative estimate of drug-likeness (QED) is 0.742. The average Bonchev–Trinajstić information content (AvgIpc) is 1.82. The lowest BCUT2D eigenvalue weighted by Crippen LogP contribution is -2.05. The summed E-state index contributed by atoms with van der Waals surface area (Å²) in [5, 5.41) is 0. The summed E-state index contributed by atoms with van der Waals surface area (Å²) in [7, 11) is 1.21. The zero-order valence-electron chi connectivity index (χ0n) is 6.28. The topological polar surface area (TPSA) is 59.1 Å². The Morgan fingerprint density at radius 1 is 1.58 bits per heavy atom. The lowest BCUT2D eigenvalue weighted by molar-refractivity contribution is 0.614. The minimum atomic E-state index is -3.73. The molecule has 0 aliphatic carbocycles. The molecule has 0 fully saturated rings. The Bertz CT molecular complexity index is 377. The van der Waals surface area contributed by atoms with Gasteiger partial charge in [-0.25, -0.2) is 4.98 Å². The van der Waals surface area contributed by atoms with Gasteiger partial charge >= 0.3 is 9.24 Å². The lowest BCUT2D eigenvalue weighted by Gasteiger charge is -2.00. The Labute approximate surface area is 75.1 Å². The first-order valence-electron chi connectivity index (χ1n) is 3.12. The van der Waals surface area contributed by atoms with Crippen LogP contribution >= 0.6 is 10.7 Å². The maximum atomic E-state index is 10.5. The molecule has 0 atom stereocenters. The summed E-state index contributed by atoms with van der Waals surface area (Å²) in [4.78, 5) is 3.75. The molecular formula is C6H7ClN2O2S. The highest BCUT2D eigenvalue weighted by molar-refractivity contribution is 8.14. The second kappa shape index (κ2) is 3.28. The first kappa shape index (κ1) is 9.28. The fraction of sp³-hybridized carbons (Fsp3) is 0.167. The number of hydrogen-bond acceptors (Lipinski definition) is 3. The monoisotopic (exact) mass is 206 g/mol.